The number of ether oxygens (including phenoxy) is 2. The first-order valence-corrected chi connectivity index (χ1v) is 11.2. The lowest BCUT2D eigenvalue weighted by Crippen LogP contribution is -2.32. The molecule has 0 aliphatic rings. The van der Waals surface area contributed by atoms with Crippen molar-refractivity contribution in [2.24, 2.45) is 0 Å². The standard InChI is InChI=1S/C24H27N3O4S/c1-5-13-27-23(29)18-9-7-8-10-19(18)25-24(27)32-16-22(28)26(6-2)15-17-11-12-20(30-3)21(14-17)31-4/h5,7-12,14H,1,6,13,15-16H2,2-4H3. The second-order valence-corrected chi connectivity index (χ2v) is 7.94. The molecule has 8 heteroatoms. The molecule has 32 heavy (non-hydrogen) atoms. The van der Waals surface area contributed by atoms with Crippen molar-refractivity contribution in [3.8, 4) is 11.5 Å². The molecule has 0 radical (unpaired) electrons. The summed E-state index contributed by atoms with van der Waals surface area (Å²) < 4.78 is 12.2. The molecule has 1 aromatic heterocycles. The Morgan fingerprint density at radius 3 is 2.62 bits per heavy atom. The van der Waals surface area contributed by atoms with Crippen LogP contribution in [-0.4, -0.2) is 46.9 Å². The van der Waals surface area contributed by atoms with Gasteiger partial charge in [0.15, 0.2) is 16.7 Å². The van der Waals surface area contributed by atoms with Gasteiger partial charge >= 0.3 is 0 Å². The molecule has 0 saturated carbocycles. The van der Waals surface area contributed by atoms with E-state index in [2.05, 4.69) is 11.6 Å². The van der Waals surface area contributed by atoms with E-state index in [1.807, 2.05) is 37.3 Å². The van der Waals surface area contributed by atoms with Crippen molar-refractivity contribution in [3.63, 3.8) is 0 Å². The van der Waals surface area contributed by atoms with Crippen LogP contribution < -0.4 is 15.0 Å². The summed E-state index contributed by atoms with van der Waals surface area (Å²) in [5.74, 6) is 1.39. The minimum atomic E-state index is -0.136. The molecule has 1 amide bonds. The summed E-state index contributed by atoms with van der Waals surface area (Å²) in [6, 6.07) is 12.8. The Balaban J connectivity index is 1.78. The van der Waals surface area contributed by atoms with E-state index in [4.69, 9.17) is 9.47 Å². The van der Waals surface area contributed by atoms with Gasteiger partial charge in [-0.2, -0.15) is 0 Å². The maximum atomic E-state index is 13.0. The molecular formula is C24H27N3O4S. The van der Waals surface area contributed by atoms with E-state index >= 15 is 0 Å². The highest BCUT2D eigenvalue weighted by Crippen LogP contribution is 2.28. The van der Waals surface area contributed by atoms with Crippen molar-refractivity contribution in [2.45, 2.75) is 25.2 Å². The fraction of sp³-hybridized carbons (Fsp3) is 0.292. The second kappa shape index (κ2) is 10.9. The molecule has 3 aromatic rings. The molecule has 3 rings (SSSR count). The number of amides is 1. The van der Waals surface area contributed by atoms with Gasteiger partial charge in [-0.1, -0.05) is 36.0 Å². The monoisotopic (exact) mass is 453 g/mol. The smallest absolute Gasteiger partial charge is 0.262 e. The first kappa shape index (κ1) is 23.4. The first-order chi connectivity index (χ1) is 15.5. The number of benzene rings is 2. The maximum Gasteiger partial charge on any atom is 0.262 e. The van der Waals surface area contributed by atoms with Gasteiger partial charge in [-0.3, -0.25) is 14.2 Å². The Morgan fingerprint density at radius 1 is 1.19 bits per heavy atom. The Labute approximate surface area is 191 Å². The number of rotatable bonds is 10. The van der Waals surface area contributed by atoms with Crippen LogP contribution in [-0.2, 0) is 17.9 Å². The third-order valence-corrected chi connectivity index (χ3v) is 5.98. The predicted molar refractivity (Wildman–Crippen MR) is 128 cm³/mol. The fourth-order valence-electron chi connectivity index (χ4n) is 3.34. The Hall–Kier alpha value is -3.26. The van der Waals surface area contributed by atoms with Gasteiger partial charge in [0.25, 0.3) is 5.56 Å². The van der Waals surface area contributed by atoms with Crippen molar-refractivity contribution in [2.75, 3.05) is 26.5 Å². The van der Waals surface area contributed by atoms with E-state index in [1.165, 1.54) is 11.8 Å². The summed E-state index contributed by atoms with van der Waals surface area (Å²) >= 11 is 1.26. The lowest BCUT2D eigenvalue weighted by Gasteiger charge is -2.22. The molecule has 0 aliphatic heterocycles. The Bertz CT molecular complexity index is 1180. The number of allylic oxidation sites excluding steroid dienone is 1. The van der Waals surface area contributed by atoms with Crippen LogP contribution in [0.25, 0.3) is 10.9 Å². The number of para-hydroxylation sites is 1. The summed E-state index contributed by atoms with van der Waals surface area (Å²) in [5, 5.41) is 1.05. The van der Waals surface area contributed by atoms with Crippen molar-refractivity contribution in [1.82, 2.24) is 14.5 Å². The Kier molecular flexibility index (Phi) is 7.94. The molecule has 0 saturated heterocycles. The van der Waals surface area contributed by atoms with Gasteiger partial charge in [0, 0.05) is 19.6 Å². The molecule has 0 atom stereocenters. The summed E-state index contributed by atoms with van der Waals surface area (Å²) in [5.41, 5.74) is 1.42. The molecule has 0 spiro atoms. The number of carbonyl (C=O) groups is 1. The van der Waals surface area contributed by atoms with E-state index in [-0.39, 0.29) is 17.2 Å². The molecule has 0 fully saturated rings. The van der Waals surface area contributed by atoms with Gasteiger partial charge in [-0.25, -0.2) is 4.98 Å². The molecule has 0 N–H and O–H groups in total. The number of thioether (sulfide) groups is 1. The molecule has 0 unspecified atom stereocenters. The minimum absolute atomic E-state index is 0.0418. The van der Waals surface area contributed by atoms with E-state index in [0.717, 1.165) is 5.56 Å². The first-order valence-electron chi connectivity index (χ1n) is 10.2. The number of hydrogen-bond acceptors (Lipinski definition) is 6. The molecule has 1 heterocycles. The van der Waals surface area contributed by atoms with Crippen LogP contribution in [0.1, 0.15) is 12.5 Å². The minimum Gasteiger partial charge on any atom is -0.493 e. The van der Waals surface area contributed by atoms with Crippen molar-refractivity contribution in [1.29, 1.82) is 0 Å². The van der Waals surface area contributed by atoms with Crippen LogP contribution in [0.2, 0.25) is 0 Å². The van der Waals surface area contributed by atoms with Gasteiger partial charge in [0.1, 0.15) is 0 Å². The van der Waals surface area contributed by atoms with E-state index in [9.17, 15) is 9.59 Å². The molecule has 168 valence electrons. The summed E-state index contributed by atoms with van der Waals surface area (Å²) in [7, 11) is 3.17. The van der Waals surface area contributed by atoms with Gasteiger partial charge in [0.2, 0.25) is 5.91 Å². The van der Waals surface area contributed by atoms with E-state index in [1.54, 1.807) is 41.9 Å². The fourth-order valence-corrected chi connectivity index (χ4v) is 4.25. The van der Waals surface area contributed by atoms with E-state index in [0.29, 0.717) is 47.2 Å². The predicted octanol–water partition coefficient (Wildman–Crippen LogP) is 3.74. The normalized spacial score (nSPS) is 10.7. The maximum absolute atomic E-state index is 13.0. The lowest BCUT2D eigenvalue weighted by molar-refractivity contribution is -0.128. The van der Waals surface area contributed by atoms with Gasteiger partial charge in [0.05, 0.1) is 30.9 Å². The molecule has 2 aromatic carbocycles. The molecule has 7 nitrogen and oxygen atoms in total. The third kappa shape index (κ3) is 5.13. The van der Waals surface area contributed by atoms with Crippen LogP contribution >= 0.6 is 11.8 Å². The number of fused-ring (bicyclic) bond motifs is 1. The zero-order chi connectivity index (χ0) is 23.1. The highest BCUT2D eigenvalue weighted by atomic mass is 32.2. The van der Waals surface area contributed by atoms with E-state index < -0.39 is 0 Å². The molecular weight excluding hydrogens is 426 g/mol. The zero-order valence-corrected chi connectivity index (χ0v) is 19.4. The van der Waals surface area contributed by atoms with Crippen LogP contribution in [0.5, 0.6) is 11.5 Å². The largest absolute Gasteiger partial charge is 0.493 e. The SMILES string of the molecule is C=CCn1c(SCC(=O)N(CC)Cc2ccc(OC)c(OC)c2)nc2ccccc2c1=O. The van der Waals surface area contributed by atoms with Crippen LogP contribution in [0, 0.1) is 0 Å². The highest BCUT2D eigenvalue weighted by Gasteiger charge is 2.17. The molecule has 0 bridgehead atoms. The number of carbonyl (C=O) groups excluding carboxylic acids is 1. The average Bonchev–Trinajstić information content (AvgIpc) is 2.82. The summed E-state index contributed by atoms with van der Waals surface area (Å²) in [4.78, 5) is 32.2. The van der Waals surface area contributed by atoms with Crippen LogP contribution in [0.3, 0.4) is 0 Å². The van der Waals surface area contributed by atoms with Crippen molar-refractivity contribution >= 4 is 28.6 Å². The highest BCUT2D eigenvalue weighted by molar-refractivity contribution is 7.99. The molecule has 0 aliphatic carbocycles. The second-order valence-electron chi connectivity index (χ2n) is 7.00. The zero-order valence-electron chi connectivity index (χ0n) is 18.5. The average molecular weight is 454 g/mol. The number of nitrogens with zero attached hydrogens (tertiary/aromatic N) is 3. The van der Waals surface area contributed by atoms with Gasteiger partial charge in [-0.05, 0) is 36.8 Å². The van der Waals surface area contributed by atoms with Gasteiger partial charge < -0.3 is 14.4 Å². The van der Waals surface area contributed by atoms with Crippen molar-refractivity contribution in [3.05, 3.63) is 71.0 Å². The van der Waals surface area contributed by atoms with Crippen molar-refractivity contribution < 1.29 is 14.3 Å². The topological polar surface area (TPSA) is 73.7 Å². The van der Waals surface area contributed by atoms with Crippen LogP contribution in [0.4, 0.5) is 0 Å². The third-order valence-electron chi connectivity index (χ3n) is 5.02. The lowest BCUT2D eigenvalue weighted by atomic mass is 10.2. The summed E-state index contributed by atoms with van der Waals surface area (Å²) in [6.07, 6.45) is 1.65. The number of methoxy groups -OCH3 is 2. The summed E-state index contributed by atoms with van der Waals surface area (Å²) in [6.45, 7) is 7.00. The van der Waals surface area contributed by atoms with Crippen LogP contribution in [0.15, 0.2) is 65.1 Å². The van der Waals surface area contributed by atoms with Gasteiger partial charge in [-0.15, -0.1) is 6.58 Å². The number of aromatic nitrogens is 2. The quantitative estimate of drug-likeness (QED) is 0.265. The number of hydrogen-bond donors (Lipinski definition) is 0. The Morgan fingerprint density at radius 2 is 1.94 bits per heavy atom.